The predicted octanol–water partition coefficient (Wildman–Crippen LogP) is 3.53. The lowest BCUT2D eigenvalue weighted by Gasteiger charge is -2.23. The number of hydrogen-bond acceptors (Lipinski definition) is 6. The van der Waals surface area contributed by atoms with Gasteiger partial charge in [-0.3, -0.25) is 4.79 Å². The third-order valence-electron chi connectivity index (χ3n) is 3.97. The summed E-state index contributed by atoms with van der Waals surface area (Å²) in [5.74, 6) is 0.0355. The minimum Gasteiger partial charge on any atom is -0.349 e. The Morgan fingerprint density at radius 3 is 2.71 bits per heavy atom. The molecule has 5 nitrogen and oxygen atoms in total. The number of fused-ring (bicyclic) bond motifs is 1. The number of amides is 1. The first kappa shape index (κ1) is 21.4. The quantitative estimate of drug-likeness (QED) is 0.791. The Morgan fingerprint density at radius 2 is 2.12 bits per heavy atom. The average Bonchev–Trinajstić information content (AvgIpc) is 3.08. The molecule has 1 aliphatic heterocycles. The van der Waals surface area contributed by atoms with Crippen molar-refractivity contribution in [1.29, 1.82) is 0 Å². The highest BCUT2D eigenvalue weighted by atomic mass is 35.5. The molecule has 2 aromatic rings. The molecule has 24 heavy (non-hydrogen) atoms. The Balaban J connectivity index is 0.00000144. The van der Waals surface area contributed by atoms with Gasteiger partial charge in [0.1, 0.15) is 4.83 Å². The van der Waals surface area contributed by atoms with E-state index in [1.807, 2.05) is 6.07 Å². The summed E-state index contributed by atoms with van der Waals surface area (Å²) in [6.07, 6.45) is 2.18. The molecular weight excluding hydrogens is 387 g/mol. The number of rotatable bonds is 5. The number of thiophene rings is 1. The predicted molar refractivity (Wildman–Crippen MR) is 109 cm³/mol. The van der Waals surface area contributed by atoms with Crippen LogP contribution < -0.4 is 15.5 Å². The SMILES string of the molecule is CCN(CC)c1nc2sc(C(=O)N[C@H]3CCCNC3)cc2s1.Cl.Cl. The summed E-state index contributed by atoms with van der Waals surface area (Å²) in [5.41, 5.74) is 0. The molecule has 9 heteroatoms. The van der Waals surface area contributed by atoms with Crippen molar-refractivity contribution < 1.29 is 4.79 Å². The first-order valence-corrected chi connectivity index (χ1v) is 9.51. The maximum absolute atomic E-state index is 12.3. The molecule has 3 heterocycles. The van der Waals surface area contributed by atoms with E-state index in [1.54, 1.807) is 11.3 Å². The molecule has 0 bridgehead atoms. The van der Waals surface area contributed by atoms with Gasteiger partial charge in [0.05, 0.1) is 9.58 Å². The summed E-state index contributed by atoms with van der Waals surface area (Å²) in [6, 6.07) is 2.23. The summed E-state index contributed by atoms with van der Waals surface area (Å²) >= 11 is 3.17. The number of thiazole rings is 1. The van der Waals surface area contributed by atoms with E-state index >= 15 is 0 Å². The van der Waals surface area contributed by atoms with Gasteiger partial charge in [-0.1, -0.05) is 11.3 Å². The van der Waals surface area contributed by atoms with Crippen LogP contribution in [0.2, 0.25) is 0 Å². The van der Waals surface area contributed by atoms with E-state index in [9.17, 15) is 4.79 Å². The van der Waals surface area contributed by atoms with Gasteiger partial charge in [0.15, 0.2) is 5.13 Å². The van der Waals surface area contributed by atoms with E-state index in [4.69, 9.17) is 0 Å². The van der Waals surface area contributed by atoms with Gasteiger partial charge in [0.2, 0.25) is 0 Å². The van der Waals surface area contributed by atoms with Crippen LogP contribution in [0.4, 0.5) is 5.13 Å². The molecule has 0 aromatic carbocycles. The first-order valence-electron chi connectivity index (χ1n) is 7.88. The third-order valence-corrected chi connectivity index (χ3v) is 6.19. The van der Waals surface area contributed by atoms with Gasteiger partial charge in [-0.05, 0) is 39.3 Å². The molecule has 2 aromatic heterocycles. The summed E-state index contributed by atoms with van der Waals surface area (Å²) in [7, 11) is 0. The van der Waals surface area contributed by atoms with Crippen LogP contribution in [0.5, 0.6) is 0 Å². The van der Waals surface area contributed by atoms with Crippen molar-refractivity contribution in [1.82, 2.24) is 15.6 Å². The Morgan fingerprint density at radius 1 is 1.38 bits per heavy atom. The lowest BCUT2D eigenvalue weighted by Crippen LogP contribution is -2.45. The molecule has 136 valence electrons. The van der Waals surface area contributed by atoms with E-state index in [0.29, 0.717) is 0 Å². The monoisotopic (exact) mass is 410 g/mol. The smallest absolute Gasteiger partial charge is 0.261 e. The van der Waals surface area contributed by atoms with Crippen LogP contribution in [-0.4, -0.2) is 43.1 Å². The molecule has 1 amide bonds. The van der Waals surface area contributed by atoms with Crippen LogP contribution in [-0.2, 0) is 0 Å². The summed E-state index contributed by atoms with van der Waals surface area (Å²) in [6.45, 7) is 8.11. The maximum Gasteiger partial charge on any atom is 0.261 e. The fraction of sp³-hybridized carbons (Fsp3) is 0.600. The summed E-state index contributed by atoms with van der Waals surface area (Å²) in [4.78, 5) is 21.0. The highest BCUT2D eigenvalue weighted by molar-refractivity contribution is 7.29. The second-order valence-corrected chi connectivity index (χ2v) is 7.51. The van der Waals surface area contributed by atoms with Gasteiger partial charge in [-0.2, -0.15) is 0 Å². The van der Waals surface area contributed by atoms with Crippen molar-refractivity contribution >= 4 is 68.1 Å². The summed E-state index contributed by atoms with van der Waals surface area (Å²) in [5, 5.41) is 7.49. The van der Waals surface area contributed by atoms with Crippen LogP contribution in [0, 0.1) is 0 Å². The molecule has 0 aliphatic carbocycles. The van der Waals surface area contributed by atoms with Gasteiger partial charge in [-0.15, -0.1) is 36.2 Å². The Labute approximate surface area is 163 Å². The molecule has 0 radical (unpaired) electrons. The van der Waals surface area contributed by atoms with E-state index in [1.165, 1.54) is 11.3 Å². The zero-order valence-electron chi connectivity index (χ0n) is 13.8. The molecule has 2 N–H and O–H groups in total. The zero-order valence-corrected chi connectivity index (χ0v) is 17.1. The van der Waals surface area contributed by atoms with Crippen molar-refractivity contribution in [2.75, 3.05) is 31.1 Å². The molecule has 0 spiro atoms. The number of anilines is 1. The van der Waals surface area contributed by atoms with Crippen LogP contribution in [0.25, 0.3) is 9.53 Å². The highest BCUT2D eigenvalue weighted by Crippen LogP contribution is 2.34. The standard InChI is InChI=1S/C15H22N4OS2.2ClH/c1-3-19(4-2)15-18-14-12(22-15)8-11(21-14)13(20)17-10-6-5-7-16-9-10;;/h8,10,16H,3-7,9H2,1-2H3,(H,17,20);2*1H/t10-;;/m0../s1. The molecule has 3 rings (SSSR count). The van der Waals surface area contributed by atoms with Gasteiger partial charge in [0, 0.05) is 25.7 Å². The lowest BCUT2D eigenvalue weighted by atomic mass is 10.1. The van der Waals surface area contributed by atoms with Crippen LogP contribution in [0.3, 0.4) is 0 Å². The molecule has 1 saturated heterocycles. The van der Waals surface area contributed by atoms with Crippen molar-refractivity contribution in [3.05, 3.63) is 10.9 Å². The fourth-order valence-electron chi connectivity index (χ4n) is 2.70. The van der Waals surface area contributed by atoms with Crippen molar-refractivity contribution in [2.24, 2.45) is 0 Å². The van der Waals surface area contributed by atoms with Gasteiger partial charge < -0.3 is 15.5 Å². The largest absolute Gasteiger partial charge is 0.349 e. The highest BCUT2D eigenvalue weighted by Gasteiger charge is 2.19. The van der Waals surface area contributed by atoms with Crippen LogP contribution in [0.15, 0.2) is 6.07 Å². The molecule has 0 saturated carbocycles. The van der Waals surface area contributed by atoms with E-state index < -0.39 is 0 Å². The number of carbonyl (C=O) groups is 1. The second kappa shape index (κ2) is 9.77. The number of piperidine rings is 1. The molecule has 1 aliphatic rings. The van der Waals surface area contributed by atoms with E-state index in [0.717, 1.165) is 58.6 Å². The van der Waals surface area contributed by atoms with Gasteiger partial charge in [0.25, 0.3) is 5.91 Å². The zero-order chi connectivity index (χ0) is 15.5. The minimum absolute atomic E-state index is 0. The first-order chi connectivity index (χ1) is 10.7. The second-order valence-electron chi connectivity index (χ2n) is 5.47. The number of hydrogen-bond donors (Lipinski definition) is 2. The van der Waals surface area contributed by atoms with Crippen molar-refractivity contribution in [2.45, 2.75) is 32.7 Å². The number of nitrogens with one attached hydrogen (secondary N) is 2. The van der Waals surface area contributed by atoms with Crippen LogP contribution in [0.1, 0.15) is 36.4 Å². The topological polar surface area (TPSA) is 57.3 Å². The van der Waals surface area contributed by atoms with E-state index in [-0.39, 0.29) is 36.8 Å². The average molecular weight is 411 g/mol. The fourth-order valence-corrected chi connectivity index (χ4v) is 4.94. The Bertz CT molecular complexity index is 619. The number of aromatic nitrogens is 1. The van der Waals surface area contributed by atoms with Crippen molar-refractivity contribution in [3.8, 4) is 0 Å². The normalized spacial score (nSPS) is 17.0. The Kier molecular flexibility index (Phi) is 8.73. The molecule has 1 atom stereocenters. The Hall–Kier alpha value is -0.600. The number of nitrogens with zero attached hydrogens (tertiary/aromatic N) is 2. The molecular formula is C15H24Cl2N4OS2. The minimum atomic E-state index is 0. The van der Waals surface area contributed by atoms with Gasteiger partial charge in [-0.25, -0.2) is 4.98 Å². The van der Waals surface area contributed by atoms with Crippen molar-refractivity contribution in [3.63, 3.8) is 0 Å². The van der Waals surface area contributed by atoms with E-state index in [2.05, 4.69) is 34.4 Å². The third kappa shape index (κ3) is 4.73. The maximum atomic E-state index is 12.3. The number of carbonyl (C=O) groups excluding carboxylic acids is 1. The summed E-state index contributed by atoms with van der Waals surface area (Å²) < 4.78 is 1.11. The van der Waals surface area contributed by atoms with Gasteiger partial charge >= 0.3 is 0 Å². The number of halogens is 2. The molecule has 0 unspecified atom stereocenters. The molecule has 1 fully saturated rings. The van der Waals surface area contributed by atoms with Crippen LogP contribution >= 0.6 is 47.5 Å². The lowest BCUT2D eigenvalue weighted by molar-refractivity contribution is 0.0935.